The van der Waals surface area contributed by atoms with Crippen LogP contribution in [-0.2, 0) is 11.3 Å². The SMILES string of the molecule is CCOC(=O)c1ccccc1Nc1cc(C(=O)NCc2cccnc2)ncn1. The van der Waals surface area contributed by atoms with E-state index in [-0.39, 0.29) is 18.2 Å². The van der Waals surface area contributed by atoms with E-state index in [0.29, 0.717) is 23.6 Å². The van der Waals surface area contributed by atoms with Crippen molar-refractivity contribution in [2.45, 2.75) is 13.5 Å². The third-order valence-electron chi connectivity index (χ3n) is 3.76. The second-order valence-corrected chi connectivity index (χ2v) is 5.72. The number of carbonyl (C=O) groups excluding carboxylic acids is 2. The highest BCUT2D eigenvalue weighted by atomic mass is 16.5. The van der Waals surface area contributed by atoms with Gasteiger partial charge in [0.25, 0.3) is 5.91 Å². The number of amides is 1. The van der Waals surface area contributed by atoms with Crippen molar-refractivity contribution in [2.24, 2.45) is 0 Å². The Bertz CT molecular complexity index is 963. The Morgan fingerprint density at radius 3 is 2.75 bits per heavy atom. The molecule has 0 radical (unpaired) electrons. The molecule has 8 nitrogen and oxygen atoms in total. The topological polar surface area (TPSA) is 106 Å². The van der Waals surface area contributed by atoms with Crippen LogP contribution in [0.15, 0.2) is 61.2 Å². The van der Waals surface area contributed by atoms with Gasteiger partial charge in [0, 0.05) is 25.0 Å². The average molecular weight is 377 g/mol. The standard InChI is InChI=1S/C20H19N5O3/c1-2-28-20(27)15-7-3-4-8-16(15)25-18-10-17(23-13-24-18)19(26)22-12-14-6-5-9-21-11-14/h3-11,13H,2,12H2,1H3,(H,22,26)(H,23,24,25). The number of ether oxygens (including phenoxy) is 1. The fourth-order valence-electron chi connectivity index (χ4n) is 2.44. The average Bonchev–Trinajstić information content (AvgIpc) is 2.73. The first-order chi connectivity index (χ1) is 13.7. The summed E-state index contributed by atoms with van der Waals surface area (Å²) in [6.07, 6.45) is 4.63. The zero-order chi connectivity index (χ0) is 19.8. The quantitative estimate of drug-likeness (QED) is 0.610. The number of rotatable bonds is 7. The van der Waals surface area contributed by atoms with Gasteiger partial charge >= 0.3 is 5.97 Å². The lowest BCUT2D eigenvalue weighted by Gasteiger charge is -2.11. The lowest BCUT2D eigenvalue weighted by molar-refractivity contribution is 0.0527. The number of carbonyl (C=O) groups is 2. The number of hydrogen-bond donors (Lipinski definition) is 2. The van der Waals surface area contributed by atoms with Crippen LogP contribution in [0.4, 0.5) is 11.5 Å². The molecule has 0 fully saturated rings. The summed E-state index contributed by atoms with van der Waals surface area (Å²) >= 11 is 0. The van der Waals surface area contributed by atoms with E-state index < -0.39 is 5.97 Å². The van der Waals surface area contributed by atoms with Crippen molar-refractivity contribution in [3.8, 4) is 0 Å². The molecule has 3 rings (SSSR count). The number of benzene rings is 1. The molecule has 0 aliphatic rings. The minimum atomic E-state index is -0.436. The maximum atomic E-state index is 12.4. The van der Waals surface area contributed by atoms with E-state index in [2.05, 4.69) is 25.6 Å². The largest absolute Gasteiger partial charge is 0.462 e. The van der Waals surface area contributed by atoms with Gasteiger partial charge in [-0.3, -0.25) is 9.78 Å². The third-order valence-corrected chi connectivity index (χ3v) is 3.76. The zero-order valence-corrected chi connectivity index (χ0v) is 15.3. The molecule has 0 unspecified atom stereocenters. The fraction of sp³-hybridized carbons (Fsp3) is 0.150. The molecule has 2 heterocycles. The second kappa shape index (κ2) is 9.22. The highest BCUT2D eigenvalue weighted by molar-refractivity contribution is 5.97. The van der Waals surface area contributed by atoms with Crippen molar-refractivity contribution in [2.75, 3.05) is 11.9 Å². The van der Waals surface area contributed by atoms with E-state index in [1.165, 1.54) is 12.4 Å². The van der Waals surface area contributed by atoms with Crippen LogP contribution in [-0.4, -0.2) is 33.4 Å². The molecule has 0 saturated heterocycles. The van der Waals surface area contributed by atoms with Gasteiger partial charge in [-0.25, -0.2) is 14.8 Å². The second-order valence-electron chi connectivity index (χ2n) is 5.72. The van der Waals surface area contributed by atoms with Crippen LogP contribution in [0.3, 0.4) is 0 Å². The third kappa shape index (κ3) is 4.88. The van der Waals surface area contributed by atoms with E-state index in [1.54, 1.807) is 49.6 Å². The minimum absolute atomic E-state index is 0.204. The van der Waals surface area contributed by atoms with Gasteiger partial charge in [-0.15, -0.1) is 0 Å². The molecule has 0 atom stereocenters. The van der Waals surface area contributed by atoms with Crippen LogP contribution in [0.5, 0.6) is 0 Å². The number of nitrogens with one attached hydrogen (secondary N) is 2. The summed E-state index contributed by atoms with van der Waals surface area (Å²) in [5, 5.41) is 5.82. The molecule has 142 valence electrons. The van der Waals surface area contributed by atoms with Crippen LogP contribution in [0, 0.1) is 0 Å². The Morgan fingerprint density at radius 2 is 1.96 bits per heavy atom. The van der Waals surface area contributed by atoms with Crippen molar-refractivity contribution in [3.05, 3.63) is 78.0 Å². The van der Waals surface area contributed by atoms with Gasteiger partial charge < -0.3 is 15.4 Å². The predicted octanol–water partition coefficient (Wildman–Crippen LogP) is 2.72. The van der Waals surface area contributed by atoms with Gasteiger partial charge in [-0.05, 0) is 30.7 Å². The Kier molecular flexibility index (Phi) is 6.25. The number of hydrogen-bond acceptors (Lipinski definition) is 7. The van der Waals surface area contributed by atoms with Crippen LogP contribution < -0.4 is 10.6 Å². The maximum absolute atomic E-state index is 12.4. The number of para-hydroxylation sites is 1. The van der Waals surface area contributed by atoms with E-state index in [1.807, 2.05) is 6.07 Å². The first-order valence-electron chi connectivity index (χ1n) is 8.69. The fourth-order valence-corrected chi connectivity index (χ4v) is 2.44. The molecule has 1 amide bonds. The van der Waals surface area contributed by atoms with Crippen molar-refractivity contribution >= 4 is 23.4 Å². The monoisotopic (exact) mass is 377 g/mol. The van der Waals surface area contributed by atoms with Gasteiger partial charge in [0.15, 0.2) is 0 Å². The van der Waals surface area contributed by atoms with Gasteiger partial charge in [0.05, 0.1) is 17.9 Å². The van der Waals surface area contributed by atoms with Gasteiger partial charge in [0.2, 0.25) is 0 Å². The van der Waals surface area contributed by atoms with Gasteiger partial charge in [-0.2, -0.15) is 0 Å². The number of aromatic nitrogens is 3. The van der Waals surface area contributed by atoms with Gasteiger partial charge in [0.1, 0.15) is 17.8 Å². The van der Waals surface area contributed by atoms with Gasteiger partial charge in [-0.1, -0.05) is 18.2 Å². The number of esters is 1. The number of nitrogens with zero attached hydrogens (tertiary/aromatic N) is 3. The molecular weight excluding hydrogens is 358 g/mol. The molecule has 8 heteroatoms. The van der Waals surface area contributed by atoms with E-state index >= 15 is 0 Å². The summed E-state index contributed by atoms with van der Waals surface area (Å²) in [5.41, 5.74) is 1.99. The van der Waals surface area contributed by atoms with Crippen molar-refractivity contribution < 1.29 is 14.3 Å². The highest BCUT2D eigenvalue weighted by Crippen LogP contribution is 2.20. The van der Waals surface area contributed by atoms with Crippen LogP contribution in [0.25, 0.3) is 0 Å². The lowest BCUT2D eigenvalue weighted by Crippen LogP contribution is -2.24. The number of anilines is 2. The first-order valence-corrected chi connectivity index (χ1v) is 8.69. The Morgan fingerprint density at radius 1 is 1.11 bits per heavy atom. The molecular formula is C20H19N5O3. The molecule has 28 heavy (non-hydrogen) atoms. The van der Waals surface area contributed by atoms with E-state index in [9.17, 15) is 9.59 Å². The summed E-state index contributed by atoms with van der Waals surface area (Å²) in [6.45, 7) is 2.36. The lowest BCUT2D eigenvalue weighted by atomic mass is 10.2. The molecule has 0 aliphatic heterocycles. The Balaban J connectivity index is 1.72. The first kappa shape index (κ1) is 19.0. The summed E-state index contributed by atoms with van der Waals surface area (Å²) < 4.78 is 5.06. The van der Waals surface area contributed by atoms with Crippen molar-refractivity contribution in [3.63, 3.8) is 0 Å². The predicted molar refractivity (Wildman–Crippen MR) is 103 cm³/mol. The van der Waals surface area contributed by atoms with Crippen LogP contribution >= 0.6 is 0 Å². The molecule has 2 aromatic heterocycles. The minimum Gasteiger partial charge on any atom is -0.462 e. The Hall–Kier alpha value is -3.81. The molecule has 2 N–H and O–H groups in total. The van der Waals surface area contributed by atoms with E-state index in [0.717, 1.165) is 5.56 Å². The summed E-state index contributed by atoms with van der Waals surface area (Å²) in [4.78, 5) is 36.6. The van der Waals surface area contributed by atoms with Crippen molar-refractivity contribution in [1.29, 1.82) is 0 Å². The Labute approximate surface area is 162 Å². The molecule has 0 aliphatic carbocycles. The normalized spacial score (nSPS) is 10.2. The molecule has 0 spiro atoms. The summed E-state index contributed by atoms with van der Waals surface area (Å²) in [6, 6.07) is 12.1. The molecule has 0 saturated carbocycles. The van der Waals surface area contributed by atoms with Crippen LogP contribution in [0.1, 0.15) is 33.3 Å². The van der Waals surface area contributed by atoms with E-state index in [4.69, 9.17) is 4.74 Å². The zero-order valence-electron chi connectivity index (χ0n) is 15.3. The molecule has 1 aromatic carbocycles. The summed E-state index contributed by atoms with van der Waals surface area (Å²) in [5.74, 6) is -0.389. The summed E-state index contributed by atoms with van der Waals surface area (Å²) in [7, 11) is 0. The molecule has 3 aromatic rings. The van der Waals surface area contributed by atoms with Crippen LogP contribution in [0.2, 0.25) is 0 Å². The molecule has 0 bridgehead atoms. The smallest absolute Gasteiger partial charge is 0.340 e. The number of pyridine rings is 1. The maximum Gasteiger partial charge on any atom is 0.340 e. The van der Waals surface area contributed by atoms with Crippen molar-refractivity contribution in [1.82, 2.24) is 20.3 Å². The highest BCUT2D eigenvalue weighted by Gasteiger charge is 2.14.